The van der Waals surface area contributed by atoms with Crippen LogP contribution in [0.4, 0.5) is 0 Å². The van der Waals surface area contributed by atoms with Crippen LogP contribution < -0.4 is 11.1 Å². The molecule has 3 N–H and O–H groups in total. The quantitative estimate of drug-likeness (QED) is 0.521. The predicted octanol–water partition coefficient (Wildman–Crippen LogP) is 0.497. The van der Waals surface area contributed by atoms with Gasteiger partial charge < -0.3 is 25.3 Å². The molecule has 1 heterocycles. The smallest absolute Gasteiger partial charge is 0.341 e. The molecule has 0 bridgehead atoms. The highest BCUT2D eigenvalue weighted by atomic mass is 16.7. The summed E-state index contributed by atoms with van der Waals surface area (Å²) in [4.78, 5) is 23.8. The van der Waals surface area contributed by atoms with E-state index >= 15 is 0 Å². The van der Waals surface area contributed by atoms with E-state index in [-0.39, 0.29) is 24.0 Å². The van der Waals surface area contributed by atoms with Crippen LogP contribution in [-0.2, 0) is 23.8 Å². The van der Waals surface area contributed by atoms with Crippen LogP contribution >= 0.6 is 0 Å². The molecule has 1 saturated heterocycles. The van der Waals surface area contributed by atoms with E-state index < -0.39 is 23.9 Å². The molecule has 2 rings (SSSR count). The number of carbonyl (C=O) groups excluding carboxylic acids is 2. The van der Waals surface area contributed by atoms with Gasteiger partial charge in [0, 0.05) is 19.4 Å². The number of carbonyl (C=O) groups is 2. The lowest BCUT2D eigenvalue weighted by Crippen LogP contribution is -2.63. The van der Waals surface area contributed by atoms with Crippen LogP contribution in [0, 0.1) is 0 Å². The molecule has 0 radical (unpaired) electrons. The Hall–Kier alpha value is -1.18. The van der Waals surface area contributed by atoms with Crippen LogP contribution in [0.25, 0.3) is 0 Å². The van der Waals surface area contributed by atoms with Crippen molar-refractivity contribution in [1.29, 1.82) is 0 Å². The van der Waals surface area contributed by atoms with Gasteiger partial charge in [-0.05, 0) is 19.8 Å². The first-order valence-corrected chi connectivity index (χ1v) is 8.42. The Morgan fingerprint density at radius 2 is 2.00 bits per heavy atom. The highest BCUT2D eigenvalue weighted by Crippen LogP contribution is 2.50. The van der Waals surface area contributed by atoms with Gasteiger partial charge in [-0.25, -0.2) is 4.79 Å². The number of fused-ring (bicyclic) bond motifs is 1. The fourth-order valence-electron chi connectivity index (χ4n) is 3.38. The third kappa shape index (κ3) is 3.51. The lowest BCUT2D eigenvalue weighted by atomic mass is 9.80. The number of nitrogens with two attached hydrogens (primary N) is 1. The number of esters is 1. The summed E-state index contributed by atoms with van der Waals surface area (Å²) >= 11 is 0. The van der Waals surface area contributed by atoms with Gasteiger partial charge in [0.25, 0.3) is 0 Å². The van der Waals surface area contributed by atoms with E-state index in [0.717, 1.165) is 12.8 Å². The SMILES string of the molecule is CCOC(=O)C12C[C@@H](N)[C@H](NC(C)=O)[C@H](OC(CC)CC)C1O2. The topological polar surface area (TPSA) is 103 Å². The summed E-state index contributed by atoms with van der Waals surface area (Å²) in [5.74, 6) is -0.562. The number of nitrogens with one attached hydrogen (secondary N) is 1. The average molecular weight is 328 g/mol. The van der Waals surface area contributed by atoms with Crippen LogP contribution in [0.2, 0.25) is 0 Å². The molecule has 5 atom stereocenters. The first kappa shape index (κ1) is 18.2. The first-order valence-electron chi connectivity index (χ1n) is 8.42. The summed E-state index contributed by atoms with van der Waals surface area (Å²) < 4.78 is 17.0. The molecule has 2 fully saturated rings. The molecule has 1 aliphatic heterocycles. The van der Waals surface area contributed by atoms with Crippen LogP contribution in [0.15, 0.2) is 0 Å². The second kappa shape index (κ2) is 7.15. The molecule has 0 spiro atoms. The standard InChI is InChI=1S/C16H28N2O5/c1-5-10(6-2)22-13-12(18-9(4)19)11(17)8-16(14(13)23-16)15(20)21-7-3/h10-14H,5-8,17H2,1-4H3,(H,18,19)/t11-,12+,13+,14?,16?/m1/s1. The molecule has 7 heteroatoms. The van der Waals surface area contributed by atoms with E-state index in [9.17, 15) is 9.59 Å². The monoisotopic (exact) mass is 328 g/mol. The zero-order chi connectivity index (χ0) is 17.2. The Morgan fingerprint density at radius 3 is 2.52 bits per heavy atom. The second-order valence-electron chi connectivity index (χ2n) is 6.28. The third-order valence-corrected chi connectivity index (χ3v) is 4.64. The summed E-state index contributed by atoms with van der Waals surface area (Å²) in [6, 6.07) is -0.801. The molecule has 1 aliphatic carbocycles. The van der Waals surface area contributed by atoms with Crippen LogP contribution in [0.5, 0.6) is 0 Å². The molecule has 7 nitrogen and oxygen atoms in total. The lowest BCUT2D eigenvalue weighted by Gasteiger charge is -2.38. The number of ether oxygens (including phenoxy) is 3. The predicted molar refractivity (Wildman–Crippen MR) is 83.7 cm³/mol. The summed E-state index contributed by atoms with van der Waals surface area (Å²) in [6.45, 7) is 7.57. The van der Waals surface area contributed by atoms with Gasteiger partial charge in [-0.1, -0.05) is 13.8 Å². The Morgan fingerprint density at radius 1 is 1.35 bits per heavy atom. The van der Waals surface area contributed by atoms with E-state index in [1.54, 1.807) is 6.92 Å². The van der Waals surface area contributed by atoms with Crippen molar-refractivity contribution in [3.63, 3.8) is 0 Å². The minimum absolute atomic E-state index is 0.0330. The fourth-order valence-corrected chi connectivity index (χ4v) is 3.38. The highest BCUT2D eigenvalue weighted by Gasteiger charge is 2.72. The maximum atomic E-state index is 12.3. The molecular formula is C16H28N2O5. The van der Waals surface area contributed by atoms with Gasteiger partial charge >= 0.3 is 5.97 Å². The van der Waals surface area contributed by atoms with E-state index in [4.69, 9.17) is 19.9 Å². The molecule has 132 valence electrons. The van der Waals surface area contributed by atoms with Crippen LogP contribution in [0.1, 0.15) is 47.0 Å². The average Bonchev–Trinajstić information content (AvgIpc) is 3.22. The number of hydrogen-bond acceptors (Lipinski definition) is 6. The minimum atomic E-state index is -1.01. The van der Waals surface area contributed by atoms with Crippen LogP contribution in [0.3, 0.4) is 0 Å². The van der Waals surface area contributed by atoms with Crippen LogP contribution in [-0.4, -0.2) is 54.5 Å². The molecule has 2 unspecified atom stereocenters. The van der Waals surface area contributed by atoms with Gasteiger partial charge in [0.15, 0.2) is 5.60 Å². The molecular weight excluding hydrogens is 300 g/mol. The highest BCUT2D eigenvalue weighted by molar-refractivity contribution is 5.84. The molecule has 1 saturated carbocycles. The maximum Gasteiger partial charge on any atom is 0.341 e. The van der Waals surface area contributed by atoms with Crippen molar-refractivity contribution in [2.24, 2.45) is 5.73 Å². The van der Waals surface area contributed by atoms with E-state index in [1.807, 2.05) is 13.8 Å². The Bertz CT molecular complexity index is 454. The Kier molecular flexibility index (Phi) is 5.65. The van der Waals surface area contributed by atoms with Gasteiger partial charge in [0.05, 0.1) is 18.8 Å². The van der Waals surface area contributed by atoms with Gasteiger partial charge in [0.2, 0.25) is 5.91 Å². The van der Waals surface area contributed by atoms with E-state index in [1.165, 1.54) is 6.92 Å². The molecule has 0 aromatic rings. The Labute approximate surface area is 137 Å². The summed E-state index contributed by atoms with van der Waals surface area (Å²) in [6.07, 6.45) is 1.17. The van der Waals surface area contributed by atoms with Gasteiger partial charge in [-0.2, -0.15) is 0 Å². The normalized spacial score (nSPS) is 35.6. The number of rotatable bonds is 7. The molecule has 1 amide bonds. The lowest BCUT2D eigenvalue weighted by molar-refractivity contribution is -0.151. The first-order chi connectivity index (χ1) is 10.9. The summed E-state index contributed by atoms with van der Waals surface area (Å²) in [5.41, 5.74) is 5.22. The van der Waals surface area contributed by atoms with Crippen molar-refractivity contribution in [1.82, 2.24) is 5.32 Å². The van der Waals surface area contributed by atoms with Crippen molar-refractivity contribution < 1.29 is 23.8 Å². The largest absolute Gasteiger partial charge is 0.464 e. The summed E-state index contributed by atoms with van der Waals surface area (Å²) in [5, 5.41) is 2.86. The fraction of sp³-hybridized carbons (Fsp3) is 0.875. The molecule has 0 aromatic carbocycles. The van der Waals surface area contributed by atoms with Crippen molar-refractivity contribution >= 4 is 11.9 Å². The number of epoxide rings is 1. The second-order valence-corrected chi connectivity index (χ2v) is 6.28. The van der Waals surface area contributed by atoms with Gasteiger partial charge in [-0.15, -0.1) is 0 Å². The Balaban J connectivity index is 2.20. The van der Waals surface area contributed by atoms with Crippen molar-refractivity contribution in [3.8, 4) is 0 Å². The maximum absolute atomic E-state index is 12.3. The zero-order valence-electron chi connectivity index (χ0n) is 14.3. The van der Waals surface area contributed by atoms with Gasteiger partial charge in [-0.3, -0.25) is 4.79 Å². The molecule has 2 aliphatic rings. The van der Waals surface area contributed by atoms with E-state index in [2.05, 4.69) is 5.32 Å². The number of amides is 1. The van der Waals surface area contributed by atoms with Crippen molar-refractivity contribution in [2.45, 2.75) is 83.0 Å². The number of hydrogen-bond donors (Lipinski definition) is 2. The van der Waals surface area contributed by atoms with Gasteiger partial charge in [0.1, 0.15) is 12.2 Å². The van der Waals surface area contributed by atoms with Crippen molar-refractivity contribution in [2.75, 3.05) is 6.61 Å². The zero-order valence-corrected chi connectivity index (χ0v) is 14.3. The van der Waals surface area contributed by atoms with Crippen molar-refractivity contribution in [3.05, 3.63) is 0 Å². The molecule has 0 aromatic heterocycles. The third-order valence-electron chi connectivity index (χ3n) is 4.64. The van der Waals surface area contributed by atoms with E-state index in [0.29, 0.717) is 13.0 Å². The summed E-state index contributed by atoms with van der Waals surface area (Å²) in [7, 11) is 0. The molecule has 23 heavy (non-hydrogen) atoms. The minimum Gasteiger partial charge on any atom is -0.464 e.